The standard InChI is InChI=1S/C12H13Br2N3O3S/c13-9-2-3-11(14)12(6-9)16-21(19,20)10-7-15-17(8-10)4-1-5-18/h2-3,6-8,16,18H,1,4-5H2. The third kappa shape index (κ3) is 4.29. The molecule has 0 aliphatic carbocycles. The van der Waals surface area contributed by atoms with E-state index in [0.717, 1.165) is 4.47 Å². The van der Waals surface area contributed by atoms with Gasteiger partial charge in [0.2, 0.25) is 0 Å². The first-order valence-corrected chi connectivity index (χ1v) is 9.10. The third-order valence-corrected chi connectivity index (χ3v) is 5.14. The Balaban J connectivity index is 2.22. The van der Waals surface area contributed by atoms with Crippen LogP contribution in [-0.2, 0) is 16.6 Å². The molecular weight excluding hydrogens is 426 g/mol. The van der Waals surface area contributed by atoms with E-state index in [1.807, 2.05) is 0 Å². The number of aliphatic hydroxyl groups excluding tert-OH is 1. The number of hydrogen-bond donors (Lipinski definition) is 2. The molecule has 2 aromatic rings. The Kier molecular flexibility index (Phi) is 5.42. The Bertz CT molecular complexity index is 731. The van der Waals surface area contributed by atoms with E-state index in [1.54, 1.807) is 18.2 Å². The van der Waals surface area contributed by atoms with Gasteiger partial charge in [0.05, 0.1) is 11.9 Å². The molecule has 0 bridgehead atoms. The SMILES string of the molecule is O=S(=O)(Nc1cc(Br)ccc1Br)c1cnn(CCCO)c1. The van der Waals surface area contributed by atoms with Crippen molar-refractivity contribution in [3.05, 3.63) is 39.5 Å². The number of aryl methyl sites for hydroxylation is 1. The summed E-state index contributed by atoms with van der Waals surface area (Å²) >= 11 is 6.60. The molecule has 9 heteroatoms. The molecule has 21 heavy (non-hydrogen) atoms. The van der Waals surface area contributed by atoms with Gasteiger partial charge >= 0.3 is 0 Å². The fourth-order valence-corrected chi connectivity index (χ4v) is 3.48. The quantitative estimate of drug-likeness (QED) is 0.725. The second-order valence-electron chi connectivity index (χ2n) is 4.25. The van der Waals surface area contributed by atoms with E-state index in [0.29, 0.717) is 23.1 Å². The molecule has 2 N–H and O–H groups in total. The van der Waals surface area contributed by atoms with Gasteiger partial charge in [-0.05, 0) is 40.5 Å². The van der Waals surface area contributed by atoms with E-state index in [9.17, 15) is 8.42 Å². The minimum absolute atomic E-state index is 0.0329. The van der Waals surface area contributed by atoms with Crippen molar-refractivity contribution < 1.29 is 13.5 Å². The first-order valence-electron chi connectivity index (χ1n) is 6.03. The first-order chi connectivity index (χ1) is 9.92. The summed E-state index contributed by atoms with van der Waals surface area (Å²) in [7, 11) is -3.70. The number of rotatable bonds is 6. The fraction of sp³-hybridized carbons (Fsp3) is 0.250. The number of sulfonamides is 1. The predicted octanol–water partition coefficient (Wildman–Crippen LogP) is 2.59. The Labute approximate surface area is 139 Å². The van der Waals surface area contributed by atoms with E-state index in [2.05, 4.69) is 41.7 Å². The van der Waals surface area contributed by atoms with Crippen LogP contribution in [-0.4, -0.2) is 29.9 Å². The van der Waals surface area contributed by atoms with E-state index in [4.69, 9.17) is 5.11 Å². The second-order valence-corrected chi connectivity index (χ2v) is 7.70. The van der Waals surface area contributed by atoms with Crippen molar-refractivity contribution in [2.45, 2.75) is 17.9 Å². The van der Waals surface area contributed by atoms with Gasteiger partial charge < -0.3 is 5.11 Å². The average Bonchev–Trinajstić information content (AvgIpc) is 2.90. The van der Waals surface area contributed by atoms with Crippen molar-refractivity contribution in [1.82, 2.24) is 9.78 Å². The van der Waals surface area contributed by atoms with Gasteiger partial charge in [-0.25, -0.2) is 8.42 Å². The lowest BCUT2D eigenvalue weighted by atomic mass is 10.3. The van der Waals surface area contributed by atoms with Crippen LogP contribution in [0.1, 0.15) is 6.42 Å². The van der Waals surface area contributed by atoms with Gasteiger partial charge in [-0.2, -0.15) is 5.10 Å². The number of nitrogens with zero attached hydrogens (tertiary/aromatic N) is 2. The molecule has 0 fully saturated rings. The highest BCUT2D eigenvalue weighted by atomic mass is 79.9. The Morgan fingerprint density at radius 3 is 2.81 bits per heavy atom. The lowest BCUT2D eigenvalue weighted by Gasteiger charge is -2.08. The van der Waals surface area contributed by atoms with Gasteiger partial charge in [0.1, 0.15) is 4.90 Å². The molecule has 114 valence electrons. The molecule has 1 aromatic carbocycles. The van der Waals surface area contributed by atoms with Crippen LogP contribution in [0.3, 0.4) is 0 Å². The highest BCUT2D eigenvalue weighted by Crippen LogP contribution is 2.28. The predicted molar refractivity (Wildman–Crippen MR) is 86.6 cm³/mol. The molecule has 0 aliphatic rings. The summed E-state index contributed by atoms with van der Waals surface area (Å²) in [5, 5.41) is 12.7. The maximum atomic E-state index is 12.3. The van der Waals surface area contributed by atoms with Crippen LogP contribution < -0.4 is 4.72 Å². The number of anilines is 1. The highest BCUT2D eigenvalue weighted by molar-refractivity contribution is 9.11. The molecule has 0 aliphatic heterocycles. The number of nitrogens with one attached hydrogen (secondary N) is 1. The number of aliphatic hydroxyl groups is 1. The number of hydrogen-bond acceptors (Lipinski definition) is 4. The largest absolute Gasteiger partial charge is 0.396 e. The molecule has 0 saturated heterocycles. The third-order valence-electron chi connectivity index (χ3n) is 2.64. The van der Waals surface area contributed by atoms with Crippen molar-refractivity contribution in [3.63, 3.8) is 0 Å². The van der Waals surface area contributed by atoms with Crippen LogP contribution in [0, 0.1) is 0 Å². The van der Waals surface area contributed by atoms with Gasteiger partial charge in [-0.1, -0.05) is 15.9 Å². The maximum absolute atomic E-state index is 12.3. The summed E-state index contributed by atoms with van der Waals surface area (Å²) in [4.78, 5) is 0.0762. The zero-order valence-corrected chi connectivity index (χ0v) is 14.8. The molecule has 6 nitrogen and oxygen atoms in total. The smallest absolute Gasteiger partial charge is 0.265 e. The average molecular weight is 439 g/mol. The van der Waals surface area contributed by atoms with Crippen molar-refractivity contribution in [3.8, 4) is 0 Å². The van der Waals surface area contributed by atoms with Crippen molar-refractivity contribution in [2.24, 2.45) is 0 Å². The molecule has 1 aromatic heterocycles. The maximum Gasteiger partial charge on any atom is 0.265 e. The van der Waals surface area contributed by atoms with E-state index >= 15 is 0 Å². The summed E-state index contributed by atoms with van der Waals surface area (Å²) in [5.74, 6) is 0. The highest BCUT2D eigenvalue weighted by Gasteiger charge is 2.18. The normalized spacial score (nSPS) is 11.6. The number of benzene rings is 1. The monoisotopic (exact) mass is 437 g/mol. The van der Waals surface area contributed by atoms with Gasteiger partial charge in [-0.3, -0.25) is 9.40 Å². The van der Waals surface area contributed by atoms with Gasteiger partial charge in [0, 0.05) is 28.3 Å². The molecule has 0 saturated carbocycles. The van der Waals surface area contributed by atoms with Crippen LogP contribution >= 0.6 is 31.9 Å². The summed E-state index contributed by atoms with van der Waals surface area (Å²) in [6.07, 6.45) is 3.24. The van der Waals surface area contributed by atoms with Crippen LogP contribution in [0.2, 0.25) is 0 Å². The van der Waals surface area contributed by atoms with Crippen molar-refractivity contribution in [2.75, 3.05) is 11.3 Å². The summed E-state index contributed by atoms with van der Waals surface area (Å²) < 4.78 is 30.0. The van der Waals surface area contributed by atoms with Gasteiger partial charge in [0.15, 0.2) is 0 Å². The molecule has 0 amide bonds. The summed E-state index contributed by atoms with van der Waals surface area (Å²) in [6, 6.07) is 5.21. The zero-order valence-electron chi connectivity index (χ0n) is 10.8. The minimum Gasteiger partial charge on any atom is -0.396 e. The number of aromatic nitrogens is 2. The van der Waals surface area contributed by atoms with Crippen LogP contribution in [0.15, 0.2) is 44.4 Å². The van der Waals surface area contributed by atoms with Gasteiger partial charge in [-0.15, -0.1) is 0 Å². The minimum atomic E-state index is -3.70. The molecular formula is C12H13Br2N3O3S. The molecule has 0 spiro atoms. The zero-order chi connectivity index (χ0) is 15.5. The molecule has 0 atom stereocenters. The van der Waals surface area contributed by atoms with Crippen molar-refractivity contribution >= 4 is 47.6 Å². The summed E-state index contributed by atoms with van der Waals surface area (Å²) in [5.41, 5.74) is 0.437. The Morgan fingerprint density at radius 2 is 2.10 bits per heavy atom. The lowest BCUT2D eigenvalue weighted by molar-refractivity contribution is 0.277. The van der Waals surface area contributed by atoms with Crippen molar-refractivity contribution in [1.29, 1.82) is 0 Å². The number of halogens is 2. The molecule has 1 heterocycles. The van der Waals surface area contributed by atoms with Crippen LogP contribution in [0.4, 0.5) is 5.69 Å². The Morgan fingerprint density at radius 1 is 1.33 bits per heavy atom. The van der Waals surface area contributed by atoms with Gasteiger partial charge in [0.25, 0.3) is 10.0 Å². The van der Waals surface area contributed by atoms with E-state index in [-0.39, 0.29) is 11.5 Å². The molecule has 2 rings (SSSR count). The van der Waals surface area contributed by atoms with E-state index in [1.165, 1.54) is 17.1 Å². The fourth-order valence-electron chi connectivity index (χ4n) is 1.62. The summed E-state index contributed by atoms with van der Waals surface area (Å²) in [6.45, 7) is 0.498. The Hall–Kier alpha value is -0.900. The topological polar surface area (TPSA) is 84.2 Å². The molecule has 0 radical (unpaired) electrons. The van der Waals surface area contributed by atoms with E-state index < -0.39 is 10.0 Å². The molecule has 0 unspecified atom stereocenters. The van der Waals surface area contributed by atoms with Crippen LogP contribution in [0.5, 0.6) is 0 Å². The lowest BCUT2D eigenvalue weighted by Crippen LogP contribution is -2.12. The second kappa shape index (κ2) is 6.91. The van der Waals surface area contributed by atoms with Crippen LogP contribution in [0.25, 0.3) is 0 Å². The first kappa shape index (κ1) is 16.5.